The Hall–Kier alpha value is -1.16. The first-order chi connectivity index (χ1) is 6.13. The number of carboxylic acid groups (broad SMARTS) is 1. The third-order valence-corrected chi connectivity index (χ3v) is 2.45. The fourth-order valence-electron chi connectivity index (χ4n) is 0.903. The molecule has 3 nitrogen and oxygen atoms in total. The molecule has 1 heterocycles. The summed E-state index contributed by atoms with van der Waals surface area (Å²) in [5.41, 5.74) is 0.398. The van der Waals surface area contributed by atoms with Gasteiger partial charge in [0.2, 0.25) is 0 Å². The lowest BCUT2D eigenvalue weighted by molar-refractivity contribution is -0.132. The van der Waals surface area contributed by atoms with Crippen molar-refractivity contribution in [2.75, 3.05) is 0 Å². The smallest absolute Gasteiger partial charge is 0.331 e. The van der Waals surface area contributed by atoms with Gasteiger partial charge >= 0.3 is 5.97 Å². The van der Waals surface area contributed by atoms with Crippen LogP contribution in [0.2, 0.25) is 0 Å². The fraction of sp³-hybridized carbons (Fsp3) is 0.333. The van der Waals surface area contributed by atoms with Crippen molar-refractivity contribution in [2.24, 2.45) is 0 Å². The van der Waals surface area contributed by atoms with Gasteiger partial charge in [-0.15, -0.1) is 11.3 Å². The van der Waals surface area contributed by atoms with Gasteiger partial charge in [-0.3, -0.25) is 0 Å². The van der Waals surface area contributed by atoms with E-state index in [9.17, 15) is 4.79 Å². The highest BCUT2D eigenvalue weighted by Crippen LogP contribution is 2.16. The summed E-state index contributed by atoms with van der Waals surface area (Å²) in [5, 5.41) is 9.51. The number of aryl methyl sites for hydroxylation is 1. The van der Waals surface area contributed by atoms with Crippen LogP contribution >= 0.6 is 11.3 Å². The number of carboxylic acids is 1. The Morgan fingerprint density at radius 2 is 2.46 bits per heavy atom. The molecule has 0 bridgehead atoms. The van der Waals surface area contributed by atoms with E-state index in [4.69, 9.17) is 5.11 Å². The molecule has 0 atom stereocenters. The Morgan fingerprint density at radius 1 is 1.77 bits per heavy atom. The predicted molar refractivity (Wildman–Crippen MR) is 52.8 cm³/mol. The van der Waals surface area contributed by atoms with Crippen LogP contribution in [-0.2, 0) is 4.79 Å². The normalized spacial score (nSPS) is 11.7. The molecular formula is C9H11NO2S. The lowest BCUT2D eigenvalue weighted by atomic mass is 10.2. The van der Waals surface area contributed by atoms with Gasteiger partial charge in [-0.05, 0) is 19.4 Å². The molecule has 0 fully saturated rings. The summed E-state index contributed by atoms with van der Waals surface area (Å²) < 4.78 is 0. The fourth-order valence-corrected chi connectivity index (χ4v) is 1.64. The minimum Gasteiger partial charge on any atom is -0.478 e. The molecule has 0 radical (unpaired) electrons. The van der Waals surface area contributed by atoms with Crippen molar-refractivity contribution in [1.82, 2.24) is 4.98 Å². The molecule has 1 rings (SSSR count). The summed E-state index contributed by atoms with van der Waals surface area (Å²) >= 11 is 1.50. The zero-order valence-corrected chi connectivity index (χ0v) is 8.39. The molecule has 0 unspecified atom stereocenters. The molecule has 1 N–H and O–H groups in total. The number of thiazole rings is 1. The number of aromatic nitrogens is 1. The molecule has 13 heavy (non-hydrogen) atoms. The zero-order valence-electron chi connectivity index (χ0n) is 7.57. The average molecular weight is 197 g/mol. The first kappa shape index (κ1) is 9.92. The van der Waals surface area contributed by atoms with Crippen molar-refractivity contribution < 1.29 is 9.90 Å². The first-order valence-corrected chi connectivity index (χ1v) is 4.81. The van der Waals surface area contributed by atoms with E-state index < -0.39 is 5.97 Å². The summed E-state index contributed by atoms with van der Waals surface area (Å²) in [6.45, 7) is 3.77. The number of rotatable bonds is 3. The van der Waals surface area contributed by atoms with Crippen molar-refractivity contribution in [1.29, 1.82) is 0 Å². The summed E-state index contributed by atoms with van der Waals surface area (Å²) in [6, 6.07) is 0. The monoisotopic (exact) mass is 197 g/mol. The highest BCUT2D eigenvalue weighted by Gasteiger charge is 2.05. The van der Waals surface area contributed by atoms with Crippen molar-refractivity contribution >= 4 is 23.4 Å². The molecular weight excluding hydrogens is 186 g/mol. The van der Waals surface area contributed by atoms with Crippen LogP contribution in [0.4, 0.5) is 0 Å². The molecule has 0 aromatic carbocycles. The number of hydrogen-bond donors (Lipinski definition) is 1. The molecule has 0 saturated heterocycles. The second-order valence-corrected chi connectivity index (χ2v) is 3.90. The summed E-state index contributed by atoms with van der Waals surface area (Å²) in [6.07, 6.45) is 3.89. The van der Waals surface area contributed by atoms with Gasteiger partial charge in [0, 0.05) is 16.6 Å². The SMILES string of the molecule is CC/C(=C\c1ncc(C)s1)C(=O)O. The molecule has 0 aliphatic heterocycles. The second kappa shape index (κ2) is 4.18. The maximum Gasteiger partial charge on any atom is 0.331 e. The van der Waals surface area contributed by atoms with Crippen LogP contribution in [0.1, 0.15) is 23.2 Å². The number of aliphatic carboxylic acids is 1. The van der Waals surface area contributed by atoms with Crippen LogP contribution in [0, 0.1) is 6.92 Å². The number of carbonyl (C=O) groups is 1. The highest BCUT2D eigenvalue weighted by atomic mass is 32.1. The van der Waals surface area contributed by atoms with E-state index in [2.05, 4.69) is 4.98 Å². The molecule has 1 aromatic heterocycles. The van der Waals surface area contributed by atoms with Gasteiger partial charge < -0.3 is 5.11 Å². The lowest BCUT2D eigenvalue weighted by Gasteiger charge is -1.94. The maximum atomic E-state index is 10.7. The van der Waals surface area contributed by atoms with Gasteiger partial charge in [0.25, 0.3) is 0 Å². The summed E-state index contributed by atoms with van der Waals surface area (Å²) in [7, 11) is 0. The second-order valence-electron chi connectivity index (χ2n) is 2.64. The summed E-state index contributed by atoms with van der Waals surface area (Å²) in [4.78, 5) is 15.8. The predicted octanol–water partition coefficient (Wildman–Crippen LogP) is 2.33. The van der Waals surface area contributed by atoms with E-state index in [0.717, 1.165) is 9.88 Å². The Morgan fingerprint density at radius 3 is 2.85 bits per heavy atom. The van der Waals surface area contributed by atoms with Crippen LogP contribution in [0.25, 0.3) is 6.08 Å². The Bertz CT molecular complexity index is 341. The topological polar surface area (TPSA) is 50.2 Å². The summed E-state index contributed by atoms with van der Waals surface area (Å²) in [5.74, 6) is -0.865. The molecule has 0 spiro atoms. The first-order valence-electron chi connectivity index (χ1n) is 3.99. The Kier molecular flexibility index (Phi) is 3.19. The number of hydrogen-bond acceptors (Lipinski definition) is 3. The molecule has 0 saturated carbocycles. The van der Waals surface area contributed by atoms with Gasteiger partial charge in [0.1, 0.15) is 5.01 Å². The molecule has 0 aliphatic carbocycles. The van der Waals surface area contributed by atoms with Crippen LogP contribution in [0.5, 0.6) is 0 Å². The minimum absolute atomic E-state index is 0.398. The van der Waals surface area contributed by atoms with Crippen molar-refractivity contribution in [3.63, 3.8) is 0 Å². The minimum atomic E-state index is -0.865. The van der Waals surface area contributed by atoms with E-state index in [1.807, 2.05) is 13.8 Å². The lowest BCUT2D eigenvalue weighted by Crippen LogP contribution is -1.98. The van der Waals surface area contributed by atoms with Crippen LogP contribution in [-0.4, -0.2) is 16.1 Å². The van der Waals surface area contributed by atoms with Crippen molar-refractivity contribution in [2.45, 2.75) is 20.3 Å². The third-order valence-electron chi connectivity index (χ3n) is 1.59. The van der Waals surface area contributed by atoms with Crippen molar-refractivity contribution in [3.8, 4) is 0 Å². The standard InChI is InChI=1S/C9H11NO2S/c1-3-7(9(11)12)4-8-10-5-6(2)13-8/h4-5H,3H2,1-2H3,(H,11,12)/b7-4+. The van der Waals surface area contributed by atoms with Gasteiger partial charge in [-0.25, -0.2) is 9.78 Å². The average Bonchev–Trinajstić information content (AvgIpc) is 2.46. The molecule has 0 aliphatic rings. The Labute approximate surface area is 80.7 Å². The van der Waals surface area contributed by atoms with Crippen LogP contribution in [0.15, 0.2) is 11.8 Å². The van der Waals surface area contributed by atoms with E-state index >= 15 is 0 Å². The molecule has 1 aromatic rings. The highest BCUT2D eigenvalue weighted by molar-refractivity contribution is 7.12. The Balaban J connectivity index is 2.91. The van der Waals surface area contributed by atoms with Gasteiger partial charge in [-0.1, -0.05) is 6.92 Å². The molecule has 70 valence electrons. The molecule has 0 amide bonds. The number of nitrogens with zero attached hydrogens (tertiary/aromatic N) is 1. The van der Waals surface area contributed by atoms with E-state index in [1.165, 1.54) is 11.3 Å². The molecule has 4 heteroatoms. The van der Waals surface area contributed by atoms with Crippen molar-refractivity contribution in [3.05, 3.63) is 21.7 Å². The largest absolute Gasteiger partial charge is 0.478 e. The van der Waals surface area contributed by atoms with Gasteiger partial charge in [0.05, 0.1) is 0 Å². The van der Waals surface area contributed by atoms with E-state index in [-0.39, 0.29) is 0 Å². The van der Waals surface area contributed by atoms with Gasteiger partial charge in [0.15, 0.2) is 0 Å². The zero-order chi connectivity index (χ0) is 9.84. The maximum absolute atomic E-state index is 10.7. The third kappa shape index (κ3) is 2.66. The van der Waals surface area contributed by atoms with E-state index in [0.29, 0.717) is 12.0 Å². The van der Waals surface area contributed by atoms with Crippen LogP contribution in [0.3, 0.4) is 0 Å². The van der Waals surface area contributed by atoms with E-state index in [1.54, 1.807) is 12.3 Å². The van der Waals surface area contributed by atoms with Gasteiger partial charge in [-0.2, -0.15) is 0 Å². The quantitative estimate of drug-likeness (QED) is 0.756. The van der Waals surface area contributed by atoms with Crippen LogP contribution < -0.4 is 0 Å².